The van der Waals surface area contributed by atoms with Gasteiger partial charge in [0.25, 0.3) is 0 Å². The maximum Gasteiger partial charge on any atom is 0.0540 e. The fraction of sp³-hybridized carbons (Fsp3) is 0.136. The van der Waals surface area contributed by atoms with E-state index in [9.17, 15) is 0 Å². The van der Waals surface area contributed by atoms with E-state index in [1.165, 1.54) is 77.6 Å². The minimum Gasteiger partial charge on any atom is -0.309 e. The van der Waals surface area contributed by atoms with E-state index in [0.29, 0.717) is 5.92 Å². The van der Waals surface area contributed by atoms with E-state index in [1.807, 2.05) is 0 Å². The lowest BCUT2D eigenvalue weighted by Crippen LogP contribution is -2.31. The molecule has 7 aromatic rings. The van der Waals surface area contributed by atoms with Gasteiger partial charge in [-0.1, -0.05) is 141 Å². The molecule has 1 aliphatic carbocycles. The highest BCUT2D eigenvalue weighted by Gasteiger charge is 2.41. The van der Waals surface area contributed by atoms with Gasteiger partial charge in [-0.2, -0.15) is 0 Å². The van der Waals surface area contributed by atoms with E-state index >= 15 is 0 Å². The maximum absolute atomic E-state index is 2.54. The fourth-order valence-electron chi connectivity index (χ4n) is 8.46. The second-order valence-corrected chi connectivity index (χ2v) is 13.2. The summed E-state index contributed by atoms with van der Waals surface area (Å²) in [4.78, 5) is 2.54. The van der Waals surface area contributed by atoms with Crippen LogP contribution >= 0.6 is 0 Å². The molecular weight excluding hydrogens is 542 g/mol. The van der Waals surface area contributed by atoms with Crippen molar-refractivity contribution in [3.8, 4) is 11.1 Å². The van der Waals surface area contributed by atoms with Crippen LogP contribution < -0.4 is 4.90 Å². The van der Waals surface area contributed by atoms with Gasteiger partial charge < -0.3 is 4.90 Å². The van der Waals surface area contributed by atoms with E-state index in [-0.39, 0.29) is 5.41 Å². The molecule has 7 aromatic carbocycles. The number of anilines is 3. The first kappa shape index (κ1) is 26.3. The average molecular weight is 578 g/mol. The van der Waals surface area contributed by atoms with Crippen molar-refractivity contribution < 1.29 is 0 Å². The number of hydrogen-bond donors (Lipinski definition) is 0. The molecule has 0 amide bonds. The van der Waals surface area contributed by atoms with Gasteiger partial charge in [0.1, 0.15) is 0 Å². The molecule has 0 radical (unpaired) electrons. The van der Waals surface area contributed by atoms with E-state index in [2.05, 4.69) is 164 Å². The highest BCUT2D eigenvalue weighted by Crippen LogP contribution is 2.57. The Balaban J connectivity index is 1.34. The monoisotopic (exact) mass is 577 g/mol. The van der Waals surface area contributed by atoms with Gasteiger partial charge in [0.2, 0.25) is 0 Å². The Morgan fingerprint density at radius 3 is 2.02 bits per heavy atom. The number of fused-ring (bicyclic) bond motifs is 8. The van der Waals surface area contributed by atoms with Crippen LogP contribution in [0, 0.1) is 0 Å². The minimum atomic E-state index is -0.190. The first-order valence-corrected chi connectivity index (χ1v) is 16.2. The molecule has 1 nitrogen and oxygen atoms in total. The molecule has 9 rings (SSSR count). The van der Waals surface area contributed by atoms with Crippen molar-refractivity contribution in [2.75, 3.05) is 4.90 Å². The van der Waals surface area contributed by atoms with Gasteiger partial charge in [-0.15, -0.1) is 0 Å². The summed E-state index contributed by atoms with van der Waals surface area (Å²) in [5.41, 5.74) is 13.5. The zero-order chi connectivity index (χ0) is 30.1. The van der Waals surface area contributed by atoms with Crippen LogP contribution in [0.1, 0.15) is 54.0 Å². The number of benzene rings is 7. The molecule has 216 valence electrons. The third kappa shape index (κ3) is 3.87. The van der Waals surface area contributed by atoms with E-state index < -0.39 is 0 Å². The minimum absolute atomic E-state index is 0.190. The Hall–Kier alpha value is -5.14. The highest BCUT2D eigenvalue weighted by molar-refractivity contribution is 6.02. The zero-order valence-electron chi connectivity index (χ0n) is 25.8. The van der Waals surface area contributed by atoms with Crippen molar-refractivity contribution in [2.24, 2.45) is 0 Å². The van der Waals surface area contributed by atoms with Gasteiger partial charge in [-0.25, -0.2) is 0 Å². The summed E-state index contributed by atoms with van der Waals surface area (Å²) >= 11 is 0. The van der Waals surface area contributed by atoms with Crippen LogP contribution in [-0.2, 0) is 11.8 Å². The Morgan fingerprint density at radius 1 is 0.533 bits per heavy atom. The summed E-state index contributed by atoms with van der Waals surface area (Å²) in [7, 11) is 0. The summed E-state index contributed by atoms with van der Waals surface area (Å²) in [6.07, 6.45) is 2.12. The predicted molar refractivity (Wildman–Crippen MR) is 190 cm³/mol. The van der Waals surface area contributed by atoms with Crippen molar-refractivity contribution in [1.29, 1.82) is 0 Å². The molecule has 1 heterocycles. The lowest BCUT2D eigenvalue weighted by atomic mass is 9.69. The van der Waals surface area contributed by atoms with Crippen LogP contribution in [-0.4, -0.2) is 0 Å². The highest BCUT2D eigenvalue weighted by atomic mass is 15.2. The summed E-state index contributed by atoms with van der Waals surface area (Å²) in [6.45, 7) is 4.86. The average Bonchev–Trinajstić information content (AvgIpc) is 3.25. The number of para-hydroxylation sites is 1. The summed E-state index contributed by atoms with van der Waals surface area (Å²) < 4.78 is 0. The quantitative estimate of drug-likeness (QED) is 0.198. The molecule has 0 saturated carbocycles. The Kier molecular flexibility index (Phi) is 5.80. The van der Waals surface area contributed by atoms with Crippen LogP contribution in [0.15, 0.2) is 146 Å². The first-order chi connectivity index (χ1) is 22.1. The third-order valence-electron chi connectivity index (χ3n) is 10.5. The zero-order valence-corrected chi connectivity index (χ0v) is 25.8. The molecular formula is C44H35N. The second kappa shape index (κ2) is 9.94. The molecule has 1 unspecified atom stereocenters. The molecule has 0 spiro atoms. The van der Waals surface area contributed by atoms with Gasteiger partial charge >= 0.3 is 0 Å². The van der Waals surface area contributed by atoms with Crippen molar-refractivity contribution >= 4 is 38.6 Å². The van der Waals surface area contributed by atoms with Crippen molar-refractivity contribution in [1.82, 2.24) is 0 Å². The van der Waals surface area contributed by atoms with Crippen LogP contribution in [0.25, 0.3) is 32.7 Å². The van der Waals surface area contributed by atoms with E-state index in [1.54, 1.807) is 0 Å². The number of hydrogen-bond acceptors (Lipinski definition) is 1. The number of aryl methyl sites for hydroxylation is 1. The smallest absolute Gasteiger partial charge is 0.0540 e. The van der Waals surface area contributed by atoms with Crippen molar-refractivity contribution in [3.63, 3.8) is 0 Å². The van der Waals surface area contributed by atoms with Crippen molar-refractivity contribution in [3.05, 3.63) is 173 Å². The summed E-state index contributed by atoms with van der Waals surface area (Å²) in [5, 5.41) is 5.21. The second-order valence-electron chi connectivity index (χ2n) is 13.2. The van der Waals surface area contributed by atoms with Gasteiger partial charge in [0.15, 0.2) is 0 Å². The molecule has 45 heavy (non-hydrogen) atoms. The van der Waals surface area contributed by atoms with Crippen LogP contribution in [0.3, 0.4) is 0 Å². The molecule has 0 saturated heterocycles. The molecule has 1 atom stereocenters. The molecule has 2 aliphatic rings. The van der Waals surface area contributed by atoms with Gasteiger partial charge in [0, 0.05) is 16.7 Å². The molecule has 0 fully saturated rings. The Bertz CT molecular complexity index is 2260. The summed E-state index contributed by atoms with van der Waals surface area (Å²) in [5.74, 6) is 0.323. The Labute approximate surface area is 265 Å². The Morgan fingerprint density at radius 2 is 1.16 bits per heavy atom. The van der Waals surface area contributed by atoms with Crippen LogP contribution in [0.5, 0.6) is 0 Å². The topological polar surface area (TPSA) is 3.24 Å². The normalized spacial score (nSPS) is 16.4. The van der Waals surface area contributed by atoms with Crippen LogP contribution in [0.2, 0.25) is 0 Å². The van der Waals surface area contributed by atoms with Gasteiger partial charge in [-0.05, 0) is 86.1 Å². The van der Waals surface area contributed by atoms with E-state index in [4.69, 9.17) is 0 Å². The molecule has 1 heteroatoms. The maximum atomic E-state index is 2.54. The third-order valence-corrected chi connectivity index (χ3v) is 10.5. The van der Waals surface area contributed by atoms with E-state index in [0.717, 1.165) is 12.8 Å². The van der Waals surface area contributed by atoms with Crippen molar-refractivity contribution in [2.45, 2.75) is 38.0 Å². The standard InChI is InChI=1S/C44H35N/c1-44(2)38-22-9-10-23-40(38)45(39-24-12-16-30-14-4-6-18-33(30)39)41-28-26-31-25-27-36(34-21-11-15-29-13-3-5-17-32(29)34)35-19-7-8-20-37(35)42(31)43(41)44/h3-24,26,28,36H,25,27H2,1-2H3. The summed E-state index contributed by atoms with van der Waals surface area (Å²) in [6, 6.07) is 54.3. The lowest BCUT2D eigenvalue weighted by Gasteiger charge is -2.44. The molecule has 0 aromatic heterocycles. The lowest BCUT2D eigenvalue weighted by molar-refractivity contribution is 0.632. The SMILES string of the molecule is CC1(C)c2ccccc2N(c2cccc3ccccc23)c2ccc3c(c21)-c1ccccc1C(c1cccc2ccccc12)CC3. The molecule has 1 aliphatic heterocycles. The van der Waals surface area contributed by atoms with Gasteiger partial charge in [0.05, 0.1) is 17.1 Å². The number of nitrogens with zero attached hydrogens (tertiary/aromatic N) is 1. The molecule has 0 bridgehead atoms. The fourth-order valence-corrected chi connectivity index (χ4v) is 8.46. The number of rotatable bonds is 2. The predicted octanol–water partition coefficient (Wildman–Crippen LogP) is 11.8. The molecule has 0 N–H and O–H groups in total. The first-order valence-electron chi connectivity index (χ1n) is 16.2. The van der Waals surface area contributed by atoms with Crippen LogP contribution in [0.4, 0.5) is 17.1 Å². The largest absolute Gasteiger partial charge is 0.309 e. The van der Waals surface area contributed by atoms with Gasteiger partial charge in [-0.3, -0.25) is 0 Å².